The third-order valence-electron chi connectivity index (χ3n) is 4.85. The minimum Gasteiger partial charge on any atom is -0.464 e. The van der Waals surface area contributed by atoms with Crippen LogP contribution in [0.1, 0.15) is 42.6 Å². The van der Waals surface area contributed by atoms with Crippen molar-refractivity contribution in [2.75, 3.05) is 33.4 Å². The predicted octanol–water partition coefficient (Wildman–Crippen LogP) is 0.642. The molecule has 0 radical (unpaired) electrons. The van der Waals surface area contributed by atoms with E-state index in [4.69, 9.17) is 15.2 Å². The minimum absolute atomic E-state index is 0.0827. The lowest BCUT2D eigenvalue weighted by Crippen LogP contribution is -2.50. The summed E-state index contributed by atoms with van der Waals surface area (Å²) in [7, 11) is 1.39. The summed E-state index contributed by atoms with van der Waals surface area (Å²) in [4.78, 5) is 42.9. The Morgan fingerprint density at radius 3 is 2.39 bits per heavy atom. The summed E-state index contributed by atoms with van der Waals surface area (Å²) in [6.45, 7) is 4.63. The van der Waals surface area contributed by atoms with Gasteiger partial charge in [0.15, 0.2) is 5.84 Å². The molecule has 2 rings (SSSR count). The van der Waals surface area contributed by atoms with E-state index < -0.39 is 6.04 Å². The van der Waals surface area contributed by atoms with Gasteiger partial charge in [-0.2, -0.15) is 0 Å². The highest BCUT2D eigenvalue weighted by Crippen LogP contribution is 2.15. The molecule has 0 saturated carbocycles. The van der Waals surface area contributed by atoms with Crippen LogP contribution in [0, 0.1) is 0 Å². The topological polar surface area (TPSA) is 133 Å². The van der Waals surface area contributed by atoms with Crippen LogP contribution in [0.4, 0.5) is 0 Å². The van der Waals surface area contributed by atoms with E-state index in [0.29, 0.717) is 43.7 Å². The van der Waals surface area contributed by atoms with Crippen molar-refractivity contribution in [2.24, 2.45) is 10.9 Å². The summed E-state index contributed by atoms with van der Waals surface area (Å²) in [6.07, 6.45) is 1.15. The van der Waals surface area contributed by atoms with Crippen LogP contribution in [0.2, 0.25) is 0 Å². The molecule has 10 heteroatoms. The summed E-state index contributed by atoms with van der Waals surface area (Å²) in [5.41, 5.74) is 6.76. The Hall–Kier alpha value is -3.14. The molecule has 2 amide bonds. The van der Waals surface area contributed by atoms with Crippen LogP contribution in [0.15, 0.2) is 29.4 Å². The van der Waals surface area contributed by atoms with Gasteiger partial charge in [-0.3, -0.25) is 9.59 Å². The Morgan fingerprint density at radius 2 is 1.81 bits per heavy atom. The summed E-state index contributed by atoms with van der Waals surface area (Å²) in [5.74, 6) is -0.709. The molecular formula is C21H30N4O6. The fourth-order valence-electron chi connectivity index (χ4n) is 3.19. The third kappa shape index (κ3) is 7.25. The number of oxime groups is 1. The van der Waals surface area contributed by atoms with Crippen molar-refractivity contribution in [3.8, 4) is 0 Å². The highest BCUT2D eigenvalue weighted by molar-refractivity contribution is 6.00. The maximum absolute atomic E-state index is 12.7. The first-order valence-corrected chi connectivity index (χ1v) is 10.2. The maximum Gasteiger partial charge on any atom is 0.332 e. The second-order valence-corrected chi connectivity index (χ2v) is 7.07. The third-order valence-corrected chi connectivity index (χ3v) is 4.85. The van der Waals surface area contributed by atoms with Gasteiger partial charge in [-0.05, 0) is 38.8 Å². The van der Waals surface area contributed by atoms with Crippen molar-refractivity contribution in [3.05, 3.63) is 35.4 Å². The first-order chi connectivity index (χ1) is 14.8. The lowest BCUT2D eigenvalue weighted by Gasteiger charge is -2.33. The number of piperidine rings is 1. The number of carbonyl (C=O) groups is 3. The van der Waals surface area contributed by atoms with Crippen LogP contribution in [0.3, 0.4) is 0 Å². The lowest BCUT2D eigenvalue weighted by molar-refractivity contribution is -0.152. The van der Waals surface area contributed by atoms with Gasteiger partial charge in [0, 0.05) is 24.2 Å². The van der Waals surface area contributed by atoms with E-state index in [1.807, 2.05) is 0 Å². The van der Waals surface area contributed by atoms with Crippen molar-refractivity contribution in [1.82, 2.24) is 10.2 Å². The number of benzene rings is 1. The fraction of sp³-hybridized carbons (Fsp3) is 0.524. The smallest absolute Gasteiger partial charge is 0.332 e. The summed E-state index contributed by atoms with van der Waals surface area (Å²) in [6, 6.07) is 5.84. The van der Waals surface area contributed by atoms with E-state index in [0.717, 1.165) is 0 Å². The molecule has 0 spiro atoms. The lowest BCUT2D eigenvalue weighted by atomic mass is 10.1. The molecule has 1 aromatic rings. The van der Waals surface area contributed by atoms with Crippen molar-refractivity contribution < 1.29 is 28.7 Å². The number of nitrogens with one attached hydrogen (secondary N) is 1. The molecule has 0 aliphatic carbocycles. The van der Waals surface area contributed by atoms with Crippen molar-refractivity contribution >= 4 is 23.6 Å². The number of rotatable bonds is 9. The Morgan fingerprint density at radius 1 is 1.19 bits per heavy atom. The Balaban J connectivity index is 1.81. The number of hydrogen-bond donors (Lipinski definition) is 2. The molecule has 10 nitrogen and oxygen atoms in total. The SMILES string of the molecule is CCOC(=O)COC1CCN(C(=O)[C@H](C)NC(=O)c2ccc(C(N)=NOC)cc2)CC1. The largest absolute Gasteiger partial charge is 0.464 e. The molecule has 1 saturated heterocycles. The van der Waals surface area contributed by atoms with Crippen molar-refractivity contribution in [2.45, 2.75) is 38.8 Å². The molecule has 1 fully saturated rings. The van der Waals surface area contributed by atoms with Gasteiger partial charge in [0.1, 0.15) is 19.8 Å². The maximum atomic E-state index is 12.7. The van der Waals surface area contributed by atoms with E-state index in [-0.39, 0.29) is 36.3 Å². The first-order valence-electron chi connectivity index (χ1n) is 10.2. The van der Waals surface area contributed by atoms with E-state index in [1.54, 1.807) is 43.0 Å². The number of esters is 1. The number of hydrogen-bond acceptors (Lipinski definition) is 7. The zero-order chi connectivity index (χ0) is 22.8. The summed E-state index contributed by atoms with van der Waals surface area (Å²) >= 11 is 0. The van der Waals surface area contributed by atoms with E-state index in [1.165, 1.54) is 7.11 Å². The number of amides is 2. The molecule has 0 unspecified atom stereocenters. The van der Waals surface area contributed by atoms with Crippen LogP contribution in [-0.4, -0.2) is 74.1 Å². The minimum atomic E-state index is -0.677. The normalized spacial score (nSPS) is 15.8. The molecule has 1 aliphatic rings. The second kappa shape index (κ2) is 11.9. The molecule has 1 heterocycles. The molecule has 0 aromatic heterocycles. The molecule has 1 aliphatic heterocycles. The van der Waals surface area contributed by atoms with E-state index >= 15 is 0 Å². The number of amidine groups is 1. The number of ether oxygens (including phenoxy) is 2. The van der Waals surface area contributed by atoms with Gasteiger partial charge < -0.3 is 30.3 Å². The number of nitrogens with zero attached hydrogens (tertiary/aromatic N) is 2. The molecule has 3 N–H and O–H groups in total. The highest BCUT2D eigenvalue weighted by Gasteiger charge is 2.27. The van der Waals surface area contributed by atoms with Gasteiger partial charge in [-0.1, -0.05) is 17.3 Å². The highest BCUT2D eigenvalue weighted by atomic mass is 16.6. The van der Waals surface area contributed by atoms with Crippen LogP contribution >= 0.6 is 0 Å². The van der Waals surface area contributed by atoms with Gasteiger partial charge in [-0.15, -0.1) is 0 Å². The Bertz CT molecular complexity index is 788. The molecule has 0 bridgehead atoms. The zero-order valence-corrected chi connectivity index (χ0v) is 18.1. The number of likely N-dealkylation sites (tertiary alicyclic amines) is 1. The van der Waals surface area contributed by atoms with Gasteiger partial charge in [-0.25, -0.2) is 4.79 Å². The molecule has 31 heavy (non-hydrogen) atoms. The van der Waals surface area contributed by atoms with Crippen molar-refractivity contribution in [3.63, 3.8) is 0 Å². The van der Waals surface area contributed by atoms with Crippen LogP contribution < -0.4 is 11.1 Å². The molecule has 170 valence electrons. The average molecular weight is 434 g/mol. The Kier molecular flexibility index (Phi) is 9.26. The van der Waals surface area contributed by atoms with E-state index in [9.17, 15) is 14.4 Å². The number of nitrogens with two attached hydrogens (primary N) is 1. The van der Waals surface area contributed by atoms with Gasteiger partial charge in [0.25, 0.3) is 5.91 Å². The molecular weight excluding hydrogens is 404 g/mol. The van der Waals surface area contributed by atoms with Crippen LogP contribution in [0.25, 0.3) is 0 Å². The van der Waals surface area contributed by atoms with Gasteiger partial charge in [0.05, 0.1) is 12.7 Å². The molecule has 1 aromatic carbocycles. The summed E-state index contributed by atoms with van der Waals surface area (Å²) in [5, 5.41) is 6.36. The number of carbonyl (C=O) groups excluding carboxylic acids is 3. The quantitative estimate of drug-likeness (QED) is 0.252. The van der Waals surface area contributed by atoms with Crippen molar-refractivity contribution in [1.29, 1.82) is 0 Å². The van der Waals surface area contributed by atoms with Gasteiger partial charge in [0.2, 0.25) is 5.91 Å². The molecule has 1 atom stereocenters. The van der Waals surface area contributed by atoms with Crippen LogP contribution in [0.5, 0.6) is 0 Å². The average Bonchev–Trinajstić information content (AvgIpc) is 2.78. The first kappa shape index (κ1) is 24.1. The Labute approximate surface area is 181 Å². The fourth-order valence-corrected chi connectivity index (χ4v) is 3.19. The second-order valence-electron chi connectivity index (χ2n) is 7.07. The monoisotopic (exact) mass is 434 g/mol. The van der Waals surface area contributed by atoms with Gasteiger partial charge >= 0.3 is 5.97 Å². The predicted molar refractivity (Wildman–Crippen MR) is 113 cm³/mol. The van der Waals surface area contributed by atoms with Crippen LogP contribution in [-0.2, 0) is 23.9 Å². The summed E-state index contributed by atoms with van der Waals surface area (Å²) < 4.78 is 10.4. The zero-order valence-electron chi connectivity index (χ0n) is 18.1. The standard InChI is InChI=1S/C21H30N4O6/c1-4-30-18(26)13-31-17-9-11-25(12-10-17)21(28)14(2)23-20(27)16-7-5-15(6-8-16)19(22)24-29-3/h5-8,14,17H,4,9-13H2,1-3H3,(H2,22,24)(H,23,27)/t14-/m0/s1. The van der Waals surface area contributed by atoms with E-state index in [2.05, 4.69) is 15.3 Å².